The fourth-order valence-corrected chi connectivity index (χ4v) is 1.78. The van der Waals surface area contributed by atoms with E-state index in [1.165, 1.54) is 0 Å². The van der Waals surface area contributed by atoms with Gasteiger partial charge in [-0.05, 0) is 38.1 Å². The standard InChI is InChI=1S/C12H17NO2/c1-14-11-3-2-4-12(9-11)15-10-5-7-13-8-6-10/h2-4,9-10,13H,5-8H2,1H3. The summed E-state index contributed by atoms with van der Waals surface area (Å²) in [4.78, 5) is 0. The lowest BCUT2D eigenvalue weighted by Gasteiger charge is -2.23. The van der Waals surface area contributed by atoms with E-state index in [-0.39, 0.29) is 0 Å². The highest BCUT2D eigenvalue weighted by atomic mass is 16.5. The zero-order valence-electron chi connectivity index (χ0n) is 9.03. The Labute approximate surface area is 90.4 Å². The second-order valence-corrected chi connectivity index (χ2v) is 3.75. The minimum Gasteiger partial charge on any atom is -0.497 e. The lowest BCUT2D eigenvalue weighted by molar-refractivity contribution is 0.162. The fraction of sp³-hybridized carbons (Fsp3) is 0.500. The maximum atomic E-state index is 5.88. The number of rotatable bonds is 3. The van der Waals surface area contributed by atoms with E-state index in [0.717, 1.165) is 37.4 Å². The van der Waals surface area contributed by atoms with Crippen LogP contribution < -0.4 is 14.8 Å². The van der Waals surface area contributed by atoms with Gasteiger partial charge in [-0.15, -0.1) is 0 Å². The Bertz CT molecular complexity index is 308. The molecule has 0 bridgehead atoms. The second kappa shape index (κ2) is 5.03. The van der Waals surface area contributed by atoms with Gasteiger partial charge >= 0.3 is 0 Å². The van der Waals surface area contributed by atoms with Crippen LogP contribution in [0.1, 0.15) is 12.8 Å². The first-order valence-corrected chi connectivity index (χ1v) is 5.40. The van der Waals surface area contributed by atoms with Crippen molar-refractivity contribution >= 4 is 0 Å². The first-order chi connectivity index (χ1) is 7.38. The number of piperidine rings is 1. The Balaban J connectivity index is 1.96. The predicted octanol–water partition coefficient (Wildman–Crippen LogP) is 1.83. The third-order valence-electron chi connectivity index (χ3n) is 2.63. The zero-order valence-corrected chi connectivity index (χ0v) is 9.03. The largest absolute Gasteiger partial charge is 0.497 e. The molecule has 0 saturated carbocycles. The van der Waals surface area contributed by atoms with Crippen LogP contribution in [-0.2, 0) is 0 Å². The zero-order chi connectivity index (χ0) is 10.5. The number of methoxy groups -OCH3 is 1. The highest BCUT2D eigenvalue weighted by molar-refractivity contribution is 5.32. The maximum absolute atomic E-state index is 5.88. The molecule has 1 N–H and O–H groups in total. The Morgan fingerprint density at radius 3 is 2.67 bits per heavy atom. The number of nitrogens with one attached hydrogen (secondary N) is 1. The monoisotopic (exact) mass is 207 g/mol. The highest BCUT2D eigenvalue weighted by Crippen LogP contribution is 2.21. The van der Waals surface area contributed by atoms with Gasteiger partial charge < -0.3 is 14.8 Å². The molecule has 0 aliphatic carbocycles. The molecule has 3 heteroatoms. The molecule has 1 fully saturated rings. The summed E-state index contributed by atoms with van der Waals surface area (Å²) in [7, 11) is 1.67. The van der Waals surface area contributed by atoms with Crippen LogP contribution in [0.5, 0.6) is 11.5 Å². The Morgan fingerprint density at radius 2 is 1.93 bits per heavy atom. The lowest BCUT2D eigenvalue weighted by atomic mass is 10.1. The molecule has 1 heterocycles. The molecule has 1 aromatic carbocycles. The first kappa shape index (κ1) is 10.3. The van der Waals surface area contributed by atoms with Crippen molar-refractivity contribution in [3.05, 3.63) is 24.3 Å². The van der Waals surface area contributed by atoms with Crippen LogP contribution in [0, 0.1) is 0 Å². The van der Waals surface area contributed by atoms with E-state index < -0.39 is 0 Å². The van der Waals surface area contributed by atoms with E-state index in [1.807, 2.05) is 24.3 Å². The molecular formula is C12H17NO2. The minimum atomic E-state index is 0.346. The van der Waals surface area contributed by atoms with Gasteiger partial charge in [0.15, 0.2) is 0 Å². The van der Waals surface area contributed by atoms with Crippen LogP contribution in [0.2, 0.25) is 0 Å². The van der Waals surface area contributed by atoms with Crippen molar-refractivity contribution in [3.63, 3.8) is 0 Å². The van der Waals surface area contributed by atoms with E-state index in [2.05, 4.69) is 5.32 Å². The van der Waals surface area contributed by atoms with Gasteiger partial charge in [-0.25, -0.2) is 0 Å². The third kappa shape index (κ3) is 2.86. The van der Waals surface area contributed by atoms with E-state index in [9.17, 15) is 0 Å². The number of hydrogen-bond acceptors (Lipinski definition) is 3. The first-order valence-electron chi connectivity index (χ1n) is 5.40. The molecule has 0 spiro atoms. The molecule has 0 radical (unpaired) electrons. The van der Waals surface area contributed by atoms with Gasteiger partial charge in [0.2, 0.25) is 0 Å². The predicted molar refractivity (Wildman–Crippen MR) is 59.5 cm³/mol. The van der Waals surface area contributed by atoms with Crippen molar-refractivity contribution in [2.75, 3.05) is 20.2 Å². The molecule has 1 aliphatic heterocycles. The number of hydrogen-bond donors (Lipinski definition) is 1. The number of benzene rings is 1. The van der Waals surface area contributed by atoms with E-state index >= 15 is 0 Å². The Hall–Kier alpha value is -1.22. The molecule has 0 aromatic heterocycles. The highest BCUT2D eigenvalue weighted by Gasteiger charge is 2.14. The second-order valence-electron chi connectivity index (χ2n) is 3.75. The summed E-state index contributed by atoms with van der Waals surface area (Å²) in [6, 6.07) is 7.79. The summed E-state index contributed by atoms with van der Waals surface area (Å²) in [6.45, 7) is 2.10. The molecule has 0 amide bonds. The third-order valence-corrected chi connectivity index (χ3v) is 2.63. The topological polar surface area (TPSA) is 30.5 Å². The summed E-state index contributed by atoms with van der Waals surface area (Å²) in [5.41, 5.74) is 0. The van der Waals surface area contributed by atoms with Crippen LogP contribution in [0.4, 0.5) is 0 Å². The molecule has 1 aliphatic rings. The summed E-state index contributed by atoms with van der Waals surface area (Å²) >= 11 is 0. The molecule has 1 aromatic rings. The van der Waals surface area contributed by atoms with Crippen molar-refractivity contribution in [3.8, 4) is 11.5 Å². The summed E-state index contributed by atoms with van der Waals surface area (Å²) < 4.78 is 11.0. The SMILES string of the molecule is COc1cccc(OC2CCNCC2)c1. The minimum absolute atomic E-state index is 0.346. The van der Waals surface area contributed by atoms with Crippen molar-refractivity contribution in [1.29, 1.82) is 0 Å². The van der Waals surface area contributed by atoms with E-state index in [1.54, 1.807) is 7.11 Å². The quantitative estimate of drug-likeness (QED) is 0.820. The van der Waals surface area contributed by atoms with Gasteiger partial charge in [0, 0.05) is 6.07 Å². The van der Waals surface area contributed by atoms with Gasteiger partial charge in [0.25, 0.3) is 0 Å². The van der Waals surface area contributed by atoms with E-state index in [0.29, 0.717) is 6.10 Å². The summed E-state index contributed by atoms with van der Waals surface area (Å²) in [6.07, 6.45) is 2.51. The fourth-order valence-electron chi connectivity index (χ4n) is 1.78. The van der Waals surface area contributed by atoms with Gasteiger partial charge in [0.05, 0.1) is 7.11 Å². The van der Waals surface area contributed by atoms with Crippen molar-refractivity contribution in [2.24, 2.45) is 0 Å². The normalized spacial score (nSPS) is 17.4. The average Bonchev–Trinajstić information content (AvgIpc) is 2.31. The van der Waals surface area contributed by atoms with Crippen molar-refractivity contribution in [1.82, 2.24) is 5.32 Å². The summed E-state index contributed by atoms with van der Waals surface area (Å²) in [5, 5.41) is 3.32. The lowest BCUT2D eigenvalue weighted by Crippen LogP contribution is -2.34. The maximum Gasteiger partial charge on any atom is 0.123 e. The summed E-state index contributed by atoms with van der Waals surface area (Å²) in [5.74, 6) is 1.75. The van der Waals surface area contributed by atoms with Gasteiger partial charge in [-0.2, -0.15) is 0 Å². The van der Waals surface area contributed by atoms with Crippen LogP contribution in [0.15, 0.2) is 24.3 Å². The van der Waals surface area contributed by atoms with Gasteiger partial charge in [-0.1, -0.05) is 6.07 Å². The molecule has 3 nitrogen and oxygen atoms in total. The molecule has 82 valence electrons. The molecule has 1 saturated heterocycles. The smallest absolute Gasteiger partial charge is 0.123 e. The van der Waals surface area contributed by atoms with Gasteiger partial charge in [-0.3, -0.25) is 0 Å². The van der Waals surface area contributed by atoms with Gasteiger partial charge in [0.1, 0.15) is 17.6 Å². The Kier molecular flexibility index (Phi) is 3.45. The van der Waals surface area contributed by atoms with Crippen LogP contribution in [0.3, 0.4) is 0 Å². The van der Waals surface area contributed by atoms with Crippen LogP contribution >= 0.6 is 0 Å². The van der Waals surface area contributed by atoms with Crippen molar-refractivity contribution in [2.45, 2.75) is 18.9 Å². The molecule has 0 atom stereocenters. The molecule has 15 heavy (non-hydrogen) atoms. The molecular weight excluding hydrogens is 190 g/mol. The van der Waals surface area contributed by atoms with E-state index in [4.69, 9.17) is 9.47 Å². The van der Waals surface area contributed by atoms with Crippen molar-refractivity contribution < 1.29 is 9.47 Å². The Morgan fingerprint density at radius 1 is 1.20 bits per heavy atom. The molecule has 2 rings (SSSR count). The average molecular weight is 207 g/mol. The van der Waals surface area contributed by atoms with Crippen LogP contribution in [-0.4, -0.2) is 26.3 Å². The molecule has 0 unspecified atom stereocenters. The van der Waals surface area contributed by atoms with Crippen LogP contribution in [0.25, 0.3) is 0 Å². The number of ether oxygens (including phenoxy) is 2.